The number of nitrogens with one attached hydrogen (secondary N) is 3. The van der Waals surface area contributed by atoms with Crippen molar-refractivity contribution in [2.75, 3.05) is 23.7 Å². The standard InChI is InChI=1S/C19H16F2N4O4/c20-11-1-6-14(15(21)9-11)18(28)24-13-4-2-12(3-5-13)23-16(26)7-8-25-17(27)10-22-19(25)29/h1-6,9H,7-8,10H2,(H,22,29)(H,23,26)(H,24,28). The van der Waals surface area contributed by atoms with Crippen LogP contribution in [0.25, 0.3) is 0 Å². The average Bonchev–Trinajstić information content (AvgIpc) is 2.99. The van der Waals surface area contributed by atoms with Gasteiger partial charge in [0, 0.05) is 30.4 Å². The molecule has 0 spiro atoms. The number of imide groups is 1. The highest BCUT2D eigenvalue weighted by Gasteiger charge is 2.28. The van der Waals surface area contributed by atoms with Crippen molar-refractivity contribution >= 4 is 35.1 Å². The van der Waals surface area contributed by atoms with Crippen molar-refractivity contribution in [1.82, 2.24) is 10.2 Å². The van der Waals surface area contributed by atoms with Gasteiger partial charge in [-0.1, -0.05) is 0 Å². The number of hydrogen-bond acceptors (Lipinski definition) is 4. The summed E-state index contributed by atoms with van der Waals surface area (Å²) in [6.45, 7) is -0.108. The van der Waals surface area contributed by atoms with Gasteiger partial charge >= 0.3 is 6.03 Å². The molecule has 0 aliphatic carbocycles. The molecule has 1 fully saturated rings. The zero-order valence-electron chi connectivity index (χ0n) is 15.0. The fraction of sp³-hybridized carbons (Fsp3) is 0.158. The molecule has 0 radical (unpaired) electrons. The van der Waals surface area contributed by atoms with Gasteiger partial charge in [0.05, 0.1) is 12.1 Å². The number of benzene rings is 2. The minimum Gasteiger partial charge on any atom is -0.329 e. The van der Waals surface area contributed by atoms with Gasteiger partial charge in [0.25, 0.3) is 5.91 Å². The summed E-state index contributed by atoms with van der Waals surface area (Å²) in [5.74, 6) is -3.29. The summed E-state index contributed by atoms with van der Waals surface area (Å²) in [6.07, 6.45) is -0.0680. The summed E-state index contributed by atoms with van der Waals surface area (Å²) in [6, 6.07) is 8.13. The molecule has 3 N–H and O–H groups in total. The van der Waals surface area contributed by atoms with Crippen LogP contribution in [0.4, 0.5) is 25.0 Å². The Morgan fingerprint density at radius 1 is 1.00 bits per heavy atom. The molecule has 2 aromatic carbocycles. The molecule has 150 valence electrons. The maximum Gasteiger partial charge on any atom is 0.324 e. The number of halogens is 2. The van der Waals surface area contributed by atoms with Crippen molar-refractivity contribution in [2.45, 2.75) is 6.42 Å². The lowest BCUT2D eigenvalue weighted by molar-refractivity contribution is -0.125. The quantitative estimate of drug-likeness (QED) is 0.643. The maximum atomic E-state index is 13.6. The lowest BCUT2D eigenvalue weighted by atomic mass is 10.2. The first kappa shape index (κ1) is 19.9. The molecule has 1 aliphatic rings. The van der Waals surface area contributed by atoms with Crippen molar-refractivity contribution in [3.8, 4) is 0 Å². The van der Waals surface area contributed by atoms with Gasteiger partial charge in [-0.15, -0.1) is 0 Å². The van der Waals surface area contributed by atoms with E-state index in [0.29, 0.717) is 17.4 Å². The highest BCUT2D eigenvalue weighted by Crippen LogP contribution is 2.16. The molecule has 1 aliphatic heterocycles. The Labute approximate surface area is 163 Å². The fourth-order valence-corrected chi connectivity index (χ4v) is 2.63. The lowest BCUT2D eigenvalue weighted by Gasteiger charge is -2.12. The molecule has 1 heterocycles. The SMILES string of the molecule is O=C(CCN1C(=O)CNC1=O)Nc1ccc(NC(=O)c2ccc(F)cc2F)cc1. The molecule has 0 aromatic heterocycles. The Hall–Kier alpha value is -3.82. The van der Waals surface area contributed by atoms with E-state index in [1.165, 1.54) is 24.3 Å². The normalized spacial score (nSPS) is 13.2. The van der Waals surface area contributed by atoms with Crippen LogP contribution in [-0.4, -0.2) is 41.7 Å². The van der Waals surface area contributed by atoms with Crippen molar-refractivity contribution in [3.63, 3.8) is 0 Å². The molecule has 0 bridgehead atoms. The monoisotopic (exact) mass is 402 g/mol. The highest BCUT2D eigenvalue weighted by atomic mass is 19.1. The lowest BCUT2D eigenvalue weighted by Crippen LogP contribution is -2.33. The number of rotatable bonds is 6. The molecule has 1 saturated heterocycles. The summed E-state index contributed by atoms with van der Waals surface area (Å²) in [7, 11) is 0. The maximum absolute atomic E-state index is 13.6. The largest absolute Gasteiger partial charge is 0.329 e. The molecule has 10 heteroatoms. The average molecular weight is 402 g/mol. The number of nitrogens with zero attached hydrogens (tertiary/aromatic N) is 1. The van der Waals surface area contributed by atoms with E-state index in [1.807, 2.05) is 0 Å². The van der Waals surface area contributed by atoms with Gasteiger partial charge in [0.15, 0.2) is 0 Å². The summed E-state index contributed by atoms with van der Waals surface area (Å²) < 4.78 is 26.6. The molecule has 0 saturated carbocycles. The fourth-order valence-electron chi connectivity index (χ4n) is 2.63. The number of hydrogen-bond donors (Lipinski definition) is 3. The molecule has 0 atom stereocenters. The zero-order chi connectivity index (χ0) is 21.0. The van der Waals surface area contributed by atoms with E-state index in [4.69, 9.17) is 0 Å². The molecule has 8 nitrogen and oxygen atoms in total. The Balaban J connectivity index is 1.53. The van der Waals surface area contributed by atoms with Crippen LogP contribution in [0.5, 0.6) is 0 Å². The highest BCUT2D eigenvalue weighted by molar-refractivity contribution is 6.04. The summed E-state index contributed by atoms with van der Waals surface area (Å²) in [5, 5.41) is 7.43. The van der Waals surface area contributed by atoms with E-state index in [1.54, 1.807) is 0 Å². The van der Waals surface area contributed by atoms with E-state index >= 15 is 0 Å². The Kier molecular flexibility index (Phi) is 5.82. The number of urea groups is 1. The van der Waals surface area contributed by atoms with Gasteiger partial charge in [0.1, 0.15) is 11.6 Å². The smallest absolute Gasteiger partial charge is 0.324 e. The first-order valence-corrected chi connectivity index (χ1v) is 8.58. The number of anilines is 2. The van der Waals surface area contributed by atoms with Crippen LogP contribution in [-0.2, 0) is 9.59 Å². The van der Waals surface area contributed by atoms with E-state index < -0.39 is 29.5 Å². The topological polar surface area (TPSA) is 108 Å². The molecular weight excluding hydrogens is 386 g/mol. The molecule has 29 heavy (non-hydrogen) atoms. The van der Waals surface area contributed by atoms with Gasteiger partial charge in [-0.25, -0.2) is 13.6 Å². The van der Waals surface area contributed by atoms with Crippen molar-refractivity contribution in [3.05, 3.63) is 59.7 Å². The third-order valence-corrected chi connectivity index (χ3v) is 4.10. The number of carbonyl (C=O) groups excluding carboxylic acids is 4. The van der Waals surface area contributed by atoms with Crippen LogP contribution < -0.4 is 16.0 Å². The summed E-state index contributed by atoms with van der Waals surface area (Å²) in [5.41, 5.74) is 0.471. The molecular formula is C19H16F2N4O4. The first-order valence-electron chi connectivity index (χ1n) is 8.58. The summed E-state index contributed by atoms with van der Waals surface area (Å²) in [4.78, 5) is 47.9. The van der Waals surface area contributed by atoms with Crippen LogP contribution in [0.1, 0.15) is 16.8 Å². The predicted molar refractivity (Wildman–Crippen MR) is 99.1 cm³/mol. The van der Waals surface area contributed by atoms with Crippen LogP contribution in [0.3, 0.4) is 0 Å². The Morgan fingerprint density at radius 2 is 1.66 bits per heavy atom. The Morgan fingerprint density at radius 3 is 2.24 bits per heavy atom. The van der Waals surface area contributed by atoms with Crippen LogP contribution >= 0.6 is 0 Å². The minimum absolute atomic E-state index is 0.0339. The van der Waals surface area contributed by atoms with E-state index in [-0.39, 0.29) is 31.0 Å². The zero-order valence-corrected chi connectivity index (χ0v) is 15.0. The second kappa shape index (κ2) is 8.46. The molecule has 3 rings (SSSR count). The van der Waals surface area contributed by atoms with Crippen molar-refractivity contribution < 1.29 is 28.0 Å². The predicted octanol–water partition coefficient (Wildman–Crippen LogP) is 2.10. The van der Waals surface area contributed by atoms with Crippen LogP contribution in [0.2, 0.25) is 0 Å². The van der Waals surface area contributed by atoms with E-state index in [0.717, 1.165) is 17.0 Å². The molecule has 0 unspecified atom stereocenters. The number of amides is 5. The second-order valence-corrected chi connectivity index (χ2v) is 6.16. The van der Waals surface area contributed by atoms with E-state index in [9.17, 15) is 28.0 Å². The molecule has 5 amide bonds. The second-order valence-electron chi connectivity index (χ2n) is 6.16. The van der Waals surface area contributed by atoms with Crippen molar-refractivity contribution in [2.24, 2.45) is 0 Å². The van der Waals surface area contributed by atoms with Gasteiger partial charge < -0.3 is 16.0 Å². The first-order chi connectivity index (χ1) is 13.8. The van der Waals surface area contributed by atoms with Gasteiger partial charge in [0.2, 0.25) is 11.8 Å². The van der Waals surface area contributed by atoms with Gasteiger partial charge in [-0.2, -0.15) is 0 Å². The van der Waals surface area contributed by atoms with Crippen LogP contribution in [0.15, 0.2) is 42.5 Å². The minimum atomic E-state index is -0.975. The number of carbonyl (C=O) groups is 4. The van der Waals surface area contributed by atoms with Crippen LogP contribution in [0, 0.1) is 11.6 Å². The summed E-state index contributed by atoms with van der Waals surface area (Å²) >= 11 is 0. The van der Waals surface area contributed by atoms with Gasteiger partial charge in [-0.05, 0) is 36.4 Å². The molecule has 2 aromatic rings. The van der Waals surface area contributed by atoms with Gasteiger partial charge in [-0.3, -0.25) is 19.3 Å². The van der Waals surface area contributed by atoms with E-state index in [2.05, 4.69) is 16.0 Å². The van der Waals surface area contributed by atoms with Crippen molar-refractivity contribution in [1.29, 1.82) is 0 Å². The third-order valence-electron chi connectivity index (χ3n) is 4.10. The third kappa shape index (κ3) is 4.92. The Bertz CT molecular complexity index is 963.